The van der Waals surface area contributed by atoms with Crippen molar-refractivity contribution in [2.45, 2.75) is 38.5 Å². The largest absolute Gasteiger partial charge is 0.326 e. The third kappa shape index (κ3) is 5.16. The van der Waals surface area contributed by atoms with Gasteiger partial charge < -0.3 is 5.32 Å². The van der Waals surface area contributed by atoms with Crippen LogP contribution in [0.15, 0.2) is 53.4 Å². The van der Waals surface area contributed by atoms with E-state index in [1.165, 1.54) is 4.31 Å². The van der Waals surface area contributed by atoms with Crippen molar-refractivity contribution >= 4 is 21.6 Å². The smallest absolute Gasteiger partial charge is 0.243 e. The molecule has 0 unspecified atom stereocenters. The van der Waals surface area contributed by atoms with Gasteiger partial charge in [-0.25, -0.2) is 8.42 Å². The molecular formula is C20H26N2O3S. The maximum Gasteiger partial charge on any atom is 0.243 e. The third-order valence-corrected chi connectivity index (χ3v) is 6.27. The van der Waals surface area contributed by atoms with Gasteiger partial charge in [0.15, 0.2) is 0 Å². The van der Waals surface area contributed by atoms with Crippen molar-refractivity contribution in [2.75, 3.05) is 18.4 Å². The zero-order valence-corrected chi connectivity index (χ0v) is 16.3. The van der Waals surface area contributed by atoms with Crippen LogP contribution in [0.3, 0.4) is 0 Å². The summed E-state index contributed by atoms with van der Waals surface area (Å²) in [5.74, 6) is -0.0598. The molecule has 0 heterocycles. The Morgan fingerprint density at radius 1 is 1.04 bits per heavy atom. The maximum absolute atomic E-state index is 12.5. The Labute approximate surface area is 156 Å². The highest BCUT2D eigenvalue weighted by Gasteiger charge is 2.21. The van der Waals surface area contributed by atoms with Gasteiger partial charge in [-0.2, -0.15) is 4.31 Å². The molecule has 26 heavy (non-hydrogen) atoms. The van der Waals surface area contributed by atoms with Gasteiger partial charge in [0.2, 0.25) is 15.9 Å². The number of anilines is 1. The first-order valence-corrected chi connectivity index (χ1v) is 10.3. The van der Waals surface area contributed by atoms with E-state index in [4.69, 9.17) is 0 Å². The van der Waals surface area contributed by atoms with Gasteiger partial charge in [-0.3, -0.25) is 4.79 Å². The molecule has 0 aliphatic rings. The quantitative estimate of drug-likeness (QED) is 0.768. The Balaban J connectivity index is 1.96. The number of sulfonamides is 1. The number of carbonyl (C=O) groups is 1. The molecule has 2 rings (SSSR count). The highest BCUT2D eigenvalue weighted by molar-refractivity contribution is 7.89. The summed E-state index contributed by atoms with van der Waals surface area (Å²) in [6.07, 6.45) is 0.902. The average molecular weight is 375 g/mol. The zero-order valence-electron chi connectivity index (χ0n) is 15.5. The average Bonchev–Trinajstić information content (AvgIpc) is 2.61. The molecule has 0 saturated heterocycles. The van der Waals surface area contributed by atoms with Crippen LogP contribution in [0.1, 0.15) is 31.4 Å². The first-order valence-electron chi connectivity index (χ1n) is 8.82. The highest BCUT2D eigenvalue weighted by atomic mass is 32.2. The second kappa shape index (κ2) is 8.96. The third-order valence-electron chi connectivity index (χ3n) is 4.21. The summed E-state index contributed by atoms with van der Waals surface area (Å²) in [6, 6.07) is 14.4. The lowest BCUT2D eigenvalue weighted by molar-refractivity contribution is -0.116. The van der Waals surface area contributed by atoms with E-state index in [1.54, 1.807) is 24.3 Å². The van der Waals surface area contributed by atoms with Crippen molar-refractivity contribution in [3.8, 4) is 0 Å². The molecule has 0 atom stereocenters. The lowest BCUT2D eigenvalue weighted by atomic mass is 10.1. The van der Waals surface area contributed by atoms with Crippen molar-refractivity contribution < 1.29 is 13.2 Å². The van der Waals surface area contributed by atoms with E-state index in [1.807, 2.05) is 45.0 Å². The molecule has 2 aromatic carbocycles. The summed E-state index contributed by atoms with van der Waals surface area (Å²) < 4.78 is 26.4. The fraction of sp³-hybridized carbons (Fsp3) is 0.350. The van der Waals surface area contributed by atoms with Gasteiger partial charge in [0.25, 0.3) is 0 Å². The van der Waals surface area contributed by atoms with Crippen LogP contribution in [0.5, 0.6) is 0 Å². The summed E-state index contributed by atoms with van der Waals surface area (Å²) in [4.78, 5) is 12.4. The summed E-state index contributed by atoms with van der Waals surface area (Å²) in [7, 11) is -3.44. The van der Waals surface area contributed by atoms with E-state index in [2.05, 4.69) is 5.32 Å². The number of hydrogen-bond donors (Lipinski definition) is 1. The molecule has 6 heteroatoms. The van der Waals surface area contributed by atoms with Crippen LogP contribution in [-0.4, -0.2) is 31.7 Å². The highest BCUT2D eigenvalue weighted by Crippen LogP contribution is 2.17. The molecule has 0 fully saturated rings. The molecule has 0 aliphatic heterocycles. The zero-order chi connectivity index (χ0) is 19.2. The Bertz CT molecular complexity index is 842. The number of hydrogen-bond acceptors (Lipinski definition) is 3. The predicted molar refractivity (Wildman–Crippen MR) is 105 cm³/mol. The molecular weight excluding hydrogens is 348 g/mol. The van der Waals surface area contributed by atoms with Crippen LogP contribution in [-0.2, 0) is 21.2 Å². The molecule has 0 spiro atoms. The summed E-state index contributed by atoms with van der Waals surface area (Å²) >= 11 is 0. The molecule has 0 aliphatic carbocycles. The lowest BCUT2D eigenvalue weighted by Gasteiger charge is -2.18. The molecule has 140 valence electrons. The topological polar surface area (TPSA) is 66.5 Å². The number of nitrogens with zero attached hydrogens (tertiary/aromatic N) is 1. The van der Waals surface area contributed by atoms with Crippen molar-refractivity contribution in [1.29, 1.82) is 0 Å². The lowest BCUT2D eigenvalue weighted by Crippen LogP contribution is -2.30. The normalized spacial score (nSPS) is 11.5. The maximum atomic E-state index is 12.5. The molecule has 1 amide bonds. The first-order chi connectivity index (χ1) is 12.4. The van der Waals surface area contributed by atoms with Gasteiger partial charge in [-0.05, 0) is 48.7 Å². The minimum Gasteiger partial charge on any atom is -0.326 e. The number of carbonyl (C=O) groups excluding carboxylic acids is 1. The number of rotatable bonds is 8. The van der Waals surface area contributed by atoms with E-state index < -0.39 is 10.0 Å². The van der Waals surface area contributed by atoms with Gasteiger partial charge >= 0.3 is 0 Å². The van der Waals surface area contributed by atoms with Crippen molar-refractivity contribution in [3.63, 3.8) is 0 Å². The van der Waals surface area contributed by atoms with Gasteiger partial charge in [-0.1, -0.05) is 38.1 Å². The van der Waals surface area contributed by atoms with Gasteiger partial charge in [0.05, 0.1) is 4.90 Å². The van der Waals surface area contributed by atoms with Gasteiger partial charge in [-0.15, -0.1) is 0 Å². The van der Waals surface area contributed by atoms with Gasteiger partial charge in [0, 0.05) is 25.2 Å². The Kier molecular flexibility index (Phi) is 6.94. The monoisotopic (exact) mass is 374 g/mol. The summed E-state index contributed by atoms with van der Waals surface area (Å²) in [5.41, 5.74) is 2.81. The molecule has 1 N–H and O–H groups in total. The van der Waals surface area contributed by atoms with Crippen LogP contribution in [0.4, 0.5) is 5.69 Å². The standard InChI is InChI=1S/C20H26N2O3S/c1-4-22(5-2)26(24,25)19-12-9-17(10-13-19)11-14-20(23)21-18-8-6-7-16(3)15-18/h6-10,12-13,15H,4-5,11,14H2,1-3H3,(H,21,23). The molecule has 0 bridgehead atoms. The van der Waals surface area contributed by atoms with E-state index >= 15 is 0 Å². The van der Waals surface area contributed by atoms with E-state index in [9.17, 15) is 13.2 Å². The minimum atomic E-state index is -3.44. The van der Waals surface area contributed by atoms with Crippen molar-refractivity contribution in [3.05, 3.63) is 59.7 Å². The molecule has 0 aromatic heterocycles. The fourth-order valence-corrected chi connectivity index (χ4v) is 4.20. The molecule has 0 saturated carbocycles. The molecule has 2 aromatic rings. The Morgan fingerprint density at radius 2 is 1.69 bits per heavy atom. The number of nitrogens with one attached hydrogen (secondary N) is 1. The number of benzene rings is 2. The second-order valence-corrected chi connectivity index (χ2v) is 8.09. The van der Waals surface area contributed by atoms with E-state index in [-0.39, 0.29) is 10.8 Å². The summed E-state index contributed by atoms with van der Waals surface area (Å²) in [5, 5.41) is 2.88. The first kappa shape index (κ1) is 20.1. The second-order valence-electron chi connectivity index (χ2n) is 6.15. The Hall–Kier alpha value is -2.18. The predicted octanol–water partition coefficient (Wildman–Crippen LogP) is 3.60. The van der Waals surface area contributed by atoms with E-state index in [0.29, 0.717) is 25.9 Å². The molecule has 5 nitrogen and oxygen atoms in total. The van der Waals surface area contributed by atoms with Crippen LogP contribution in [0.2, 0.25) is 0 Å². The van der Waals surface area contributed by atoms with Crippen LogP contribution in [0.25, 0.3) is 0 Å². The van der Waals surface area contributed by atoms with Gasteiger partial charge in [0.1, 0.15) is 0 Å². The SMILES string of the molecule is CCN(CC)S(=O)(=O)c1ccc(CCC(=O)Nc2cccc(C)c2)cc1. The molecule has 0 radical (unpaired) electrons. The number of amides is 1. The minimum absolute atomic E-state index is 0.0598. The van der Waals surface area contributed by atoms with Crippen LogP contribution < -0.4 is 5.32 Å². The summed E-state index contributed by atoms with van der Waals surface area (Å²) in [6.45, 7) is 6.51. The van der Waals surface area contributed by atoms with E-state index in [0.717, 1.165) is 16.8 Å². The fourth-order valence-electron chi connectivity index (χ4n) is 2.74. The van der Waals surface area contributed by atoms with Crippen molar-refractivity contribution in [1.82, 2.24) is 4.31 Å². The van der Waals surface area contributed by atoms with Crippen LogP contribution >= 0.6 is 0 Å². The number of aryl methyl sites for hydroxylation is 2. The Morgan fingerprint density at radius 3 is 2.27 bits per heavy atom. The van der Waals surface area contributed by atoms with Crippen molar-refractivity contribution in [2.24, 2.45) is 0 Å². The van der Waals surface area contributed by atoms with Crippen LogP contribution in [0, 0.1) is 6.92 Å².